The predicted molar refractivity (Wildman–Crippen MR) is 167 cm³/mol. The molecule has 4 aromatic rings. The van der Waals surface area contributed by atoms with Crippen LogP contribution in [0.1, 0.15) is 72.7 Å². The first-order valence-corrected chi connectivity index (χ1v) is 16.4. The molecule has 5 heterocycles. The second kappa shape index (κ2) is 11.9. The van der Waals surface area contributed by atoms with Gasteiger partial charge in [0, 0.05) is 47.6 Å². The van der Waals surface area contributed by atoms with Crippen molar-refractivity contribution in [3.8, 4) is 17.4 Å². The molecule has 2 aliphatic heterocycles. The fourth-order valence-electron chi connectivity index (χ4n) is 6.59. The summed E-state index contributed by atoms with van der Waals surface area (Å²) in [5.74, 6) is -1.08. The van der Waals surface area contributed by atoms with Crippen LogP contribution in [-0.4, -0.2) is 50.5 Å². The van der Waals surface area contributed by atoms with Crippen LogP contribution in [0, 0.1) is 24.2 Å². The lowest BCUT2D eigenvalue weighted by Gasteiger charge is -2.32. The average Bonchev–Trinajstić information content (AvgIpc) is 3.73. The van der Waals surface area contributed by atoms with Crippen molar-refractivity contribution in [2.24, 2.45) is 0 Å². The van der Waals surface area contributed by atoms with E-state index < -0.39 is 33.5 Å². The van der Waals surface area contributed by atoms with Gasteiger partial charge >= 0.3 is 0 Å². The Morgan fingerprint density at radius 1 is 1.24 bits per heavy atom. The van der Waals surface area contributed by atoms with Crippen molar-refractivity contribution < 1.29 is 27.2 Å². The molecular formula is C33H33FN6O5S. The minimum Gasteiger partial charge on any atom is -0.384 e. The van der Waals surface area contributed by atoms with E-state index in [1.165, 1.54) is 10.4 Å². The standard InChI is InChI=1S/C33H33FN6O5S/c1-20-12-13-25(18-33(3,42)28-17-27(45-38-28)22-9-5-4-6-10-22)40(20)46(43,44)31-21(2)30(39-14-8-7-11-26(31)39)32(41)37-23-15-24(19-35)36-29(34)16-23/h4-7,9-11,15-17,20,25,42H,8,12-14,18H2,1-3H3,(H,36,37,41). The molecule has 238 valence electrons. The van der Waals surface area contributed by atoms with E-state index in [9.17, 15) is 22.7 Å². The number of rotatable bonds is 8. The monoisotopic (exact) mass is 644 g/mol. The van der Waals surface area contributed by atoms with Crippen molar-refractivity contribution in [1.82, 2.24) is 19.0 Å². The summed E-state index contributed by atoms with van der Waals surface area (Å²) in [7, 11) is -4.19. The van der Waals surface area contributed by atoms with Crippen LogP contribution >= 0.6 is 0 Å². The number of carbonyl (C=O) groups excluding carboxylic acids is 1. The van der Waals surface area contributed by atoms with Gasteiger partial charge in [-0.2, -0.15) is 14.0 Å². The highest BCUT2D eigenvalue weighted by Gasteiger charge is 2.46. The Kier molecular flexibility index (Phi) is 8.14. The van der Waals surface area contributed by atoms with Crippen LogP contribution in [-0.2, 0) is 22.2 Å². The number of pyridine rings is 1. The molecule has 3 unspecified atom stereocenters. The minimum absolute atomic E-state index is 0.0124. The number of anilines is 1. The number of hydrogen-bond acceptors (Lipinski definition) is 8. The number of aromatic nitrogens is 3. The maximum atomic E-state index is 14.6. The van der Waals surface area contributed by atoms with Gasteiger partial charge in [0.2, 0.25) is 16.0 Å². The van der Waals surface area contributed by atoms with Gasteiger partial charge in [-0.3, -0.25) is 4.79 Å². The fraction of sp³-hybridized carbons (Fsp3) is 0.333. The molecule has 2 aliphatic rings. The number of hydrogen-bond donors (Lipinski definition) is 2. The van der Waals surface area contributed by atoms with Gasteiger partial charge in [-0.05, 0) is 58.6 Å². The molecule has 1 fully saturated rings. The smallest absolute Gasteiger partial charge is 0.272 e. The lowest BCUT2D eigenvalue weighted by molar-refractivity contribution is 0.0229. The van der Waals surface area contributed by atoms with Crippen LogP contribution in [0.4, 0.5) is 10.1 Å². The Balaban J connectivity index is 1.33. The highest BCUT2D eigenvalue weighted by Crippen LogP contribution is 2.41. The van der Waals surface area contributed by atoms with E-state index in [-0.39, 0.29) is 40.0 Å². The Morgan fingerprint density at radius 2 is 2.00 bits per heavy atom. The summed E-state index contributed by atoms with van der Waals surface area (Å²) < 4.78 is 51.9. The normalized spacial score (nSPS) is 19.4. The topological polar surface area (TPSA) is 154 Å². The third kappa shape index (κ3) is 5.64. The highest BCUT2D eigenvalue weighted by molar-refractivity contribution is 7.89. The van der Waals surface area contributed by atoms with E-state index in [2.05, 4.69) is 15.5 Å². The van der Waals surface area contributed by atoms with Crippen molar-refractivity contribution in [3.05, 3.63) is 88.9 Å². The minimum atomic E-state index is -4.19. The van der Waals surface area contributed by atoms with E-state index in [0.29, 0.717) is 43.0 Å². The Labute approximate surface area is 266 Å². The first-order valence-electron chi connectivity index (χ1n) is 15.0. The quantitative estimate of drug-likeness (QED) is 0.243. The molecule has 11 nitrogen and oxygen atoms in total. The van der Waals surface area contributed by atoms with Gasteiger partial charge in [0.25, 0.3) is 5.91 Å². The number of nitriles is 1. The number of amides is 1. The van der Waals surface area contributed by atoms with Crippen molar-refractivity contribution in [1.29, 1.82) is 5.26 Å². The number of nitrogens with one attached hydrogen (secondary N) is 1. The second-order valence-electron chi connectivity index (χ2n) is 12.0. The summed E-state index contributed by atoms with van der Waals surface area (Å²) in [6.45, 7) is 5.38. The lowest BCUT2D eigenvalue weighted by Crippen LogP contribution is -2.43. The van der Waals surface area contributed by atoms with Gasteiger partial charge in [-0.15, -0.1) is 0 Å². The number of aliphatic hydroxyl groups is 1. The third-order valence-electron chi connectivity index (χ3n) is 8.67. The van der Waals surface area contributed by atoms with Crippen molar-refractivity contribution in [3.63, 3.8) is 0 Å². The van der Waals surface area contributed by atoms with E-state index in [1.807, 2.05) is 43.3 Å². The van der Waals surface area contributed by atoms with Gasteiger partial charge < -0.3 is 19.5 Å². The van der Waals surface area contributed by atoms with Crippen LogP contribution in [0.3, 0.4) is 0 Å². The van der Waals surface area contributed by atoms with Gasteiger partial charge in [0.15, 0.2) is 5.76 Å². The number of benzene rings is 1. The van der Waals surface area contributed by atoms with Gasteiger partial charge in [-0.25, -0.2) is 13.4 Å². The molecule has 46 heavy (non-hydrogen) atoms. The molecule has 0 radical (unpaired) electrons. The molecule has 3 atom stereocenters. The largest absolute Gasteiger partial charge is 0.384 e. The molecular weight excluding hydrogens is 611 g/mol. The molecule has 0 saturated carbocycles. The fourth-order valence-corrected chi connectivity index (χ4v) is 8.87. The van der Waals surface area contributed by atoms with Crippen molar-refractivity contribution in [2.45, 2.75) is 75.6 Å². The van der Waals surface area contributed by atoms with E-state index in [1.54, 1.807) is 36.6 Å². The number of fused-ring (bicyclic) bond motifs is 1. The van der Waals surface area contributed by atoms with Crippen LogP contribution < -0.4 is 5.32 Å². The van der Waals surface area contributed by atoms with Crippen LogP contribution in [0.5, 0.6) is 0 Å². The van der Waals surface area contributed by atoms with E-state index in [4.69, 9.17) is 9.78 Å². The molecule has 6 rings (SSSR count). The highest BCUT2D eigenvalue weighted by atomic mass is 32.2. The van der Waals surface area contributed by atoms with Crippen LogP contribution in [0.15, 0.2) is 64.0 Å². The molecule has 3 aromatic heterocycles. The summed E-state index contributed by atoms with van der Waals surface area (Å²) in [6.07, 6.45) is 5.32. The summed E-state index contributed by atoms with van der Waals surface area (Å²) in [4.78, 5) is 17.1. The lowest BCUT2D eigenvalue weighted by atomic mass is 9.92. The van der Waals surface area contributed by atoms with Crippen LogP contribution in [0.2, 0.25) is 0 Å². The summed E-state index contributed by atoms with van der Waals surface area (Å²) >= 11 is 0. The zero-order chi connectivity index (χ0) is 32.8. The van der Waals surface area contributed by atoms with Crippen LogP contribution in [0.25, 0.3) is 17.4 Å². The maximum absolute atomic E-state index is 14.6. The zero-order valence-electron chi connectivity index (χ0n) is 25.6. The maximum Gasteiger partial charge on any atom is 0.272 e. The van der Waals surface area contributed by atoms with Crippen molar-refractivity contribution in [2.75, 3.05) is 5.32 Å². The number of halogens is 1. The van der Waals surface area contributed by atoms with Crippen molar-refractivity contribution >= 4 is 27.7 Å². The Bertz CT molecular complexity index is 1990. The molecule has 0 aliphatic carbocycles. The summed E-state index contributed by atoms with van der Waals surface area (Å²) in [6, 6.07) is 14.1. The first kappa shape index (κ1) is 31.3. The average molecular weight is 645 g/mol. The molecule has 2 N–H and O–H groups in total. The van der Waals surface area contributed by atoms with Gasteiger partial charge in [0.05, 0.1) is 5.69 Å². The SMILES string of the molecule is Cc1c(S(=O)(=O)N2C(C)CCC2CC(C)(O)c2cc(-c3ccccc3)on2)c2n(c1C(=O)Nc1cc(F)nc(C#N)c1)CCC=C2. The molecule has 0 bridgehead atoms. The van der Waals surface area contributed by atoms with Gasteiger partial charge in [-0.1, -0.05) is 41.6 Å². The molecule has 13 heteroatoms. The number of carbonyl (C=O) groups is 1. The number of sulfonamides is 1. The summed E-state index contributed by atoms with van der Waals surface area (Å²) in [5, 5.41) is 27.5. The van der Waals surface area contributed by atoms with E-state index in [0.717, 1.165) is 11.6 Å². The van der Waals surface area contributed by atoms with Gasteiger partial charge in [0.1, 0.15) is 33.6 Å². The first-order chi connectivity index (χ1) is 21.9. The van der Waals surface area contributed by atoms with E-state index >= 15 is 0 Å². The number of allylic oxidation sites excluding steroid dienone is 1. The Hall–Kier alpha value is -4.64. The molecule has 1 amide bonds. The zero-order valence-corrected chi connectivity index (χ0v) is 26.4. The predicted octanol–water partition coefficient (Wildman–Crippen LogP) is 5.37. The summed E-state index contributed by atoms with van der Waals surface area (Å²) in [5.41, 5.74) is 0.179. The second-order valence-corrected chi connectivity index (χ2v) is 13.8. The third-order valence-corrected chi connectivity index (χ3v) is 10.9. The molecule has 1 saturated heterocycles. The Morgan fingerprint density at radius 3 is 2.74 bits per heavy atom. The molecule has 1 aromatic carbocycles. The molecule has 0 spiro atoms. The number of nitrogens with zero attached hydrogens (tertiary/aromatic N) is 5.